The number of hydrogen-bond acceptors (Lipinski definition) is 3. The Labute approximate surface area is 167 Å². The molecule has 3 rings (SSSR count). The summed E-state index contributed by atoms with van der Waals surface area (Å²) in [4.78, 5) is 9.32. The lowest BCUT2D eigenvalue weighted by molar-refractivity contribution is 0.221. The number of nitrogens with zero attached hydrogens (tertiary/aromatic N) is 3. The molecular formula is C18H29IN4S. The number of hydrogen-bond donors (Lipinski definition) is 1. The molecule has 0 saturated carbocycles. The Bertz CT molecular complexity index is 508. The van der Waals surface area contributed by atoms with Crippen LogP contribution in [-0.2, 0) is 13.1 Å². The van der Waals surface area contributed by atoms with Gasteiger partial charge in [-0.15, -0.1) is 24.0 Å². The van der Waals surface area contributed by atoms with Gasteiger partial charge in [-0.25, -0.2) is 4.99 Å². The van der Waals surface area contributed by atoms with Crippen LogP contribution in [0.3, 0.4) is 0 Å². The number of benzene rings is 1. The van der Waals surface area contributed by atoms with Crippen LogP contribution in [0.4, 0.5) is 0 Å². The first-order valence-corrected chi connectivity index (χ1v) is 9.89. The molecule has 2 saturated heterocycles. The van der Waals surface area contributed by atoms with Gasteiger partial charge in [0.15, 0.2) is 5.96 Å². The van der Waals surface area contributed by atoms with E-state index in [9.17, 15) is 0 Å². The molecule has 0 aliphatic carbocycles. The van der Waals surface area contributed by atoms with Gasteiger partial charge in [-0.2, -0.15) is 11.8 Å². The van der Waals surface area contributed by atoms with Gasteiger partial charge >= 0.3 is 0 Å². The van der Waals surface area contributed by atoms with Crippen molar-refractivity contribution >= 4 is 41.7 Å². The van der Waals surface area contributed by atoms with Gasteiger partial charge in [0.25, 0.3) is 0 Å². The van der Waals surface area contributed by atoms with E-state index in [1.165, 1.54) is 43.5 Å². The molecule has 0 bridgehead atoms. The molecule has 0 amide bonds. The molecular weight excluding hydrogens is 431 g/mol. The van der Waals surface area contributed by atoms with Gasteiger partial charge in [0.1, 0.15) is 0 Å². The van der Waals surface area contributed by atoms with E-state index in [1.807, 2.05) is 11.8 Å². The number of likely N-dealkylation sites (tertiary alicyclic amines) is 1. The fraction of sp³-hybridized carbons (Fsp3) is 0.611. The Morgan fingerprint density at radius 1 is 0.958 bits per heavy atom. The minimum Gasteiger partial charge on any atom is -0.370 e. The molecule has 0 unspecified atom stereocenters. The number of rotatable bonds is 4. The van der Waals surface area contributed by atoms with E-state index in [2.05, 4.69) is 39.1 Å². The van der Waals surface area contributed by atoms with Crippen molar-refractivity contribution in [2.24, 2.45) is 10.7 Å². The largest absolute Gasteiger partial charge is 0.370 e. The minimum absolute atomic E-state index is 0. The van der Waals surface area contributed by atoms with Crippen LogP contribution in [-0.4, -0.2) is 53.4 Å². The fourth-order valence-corrected chi connectivity index (χ4v) is 4.09. The van der Waals surface area contributed by atoms with E-state index >= 15 is 0 Å². The maximum Gasteiger partial charge on any atom is 0.191 e. The molecule has 134 valence electrons. The summed E-state index contributed by atoms with van der Waals surface area (Å²) < 4.78 is 0. The van der Waals surface area contributed by atoms with Crippen molar-refractivity contribution in [2.75, 3.05) is 37.7 Å². The zero-order chi connectivity index (χ0) is 15.9. The predicted molar refractivity (Wildman–Crippen MR) is 115 cm³/mol. The minimum atomic E-state index is 0. The van der Waals surface area contributed by atoms with Crippen LogP contribution in [0.2, 0.25) is 0 Å². The quantitative estimate of drug-likeness (QED) is 0.426. The van der Waals surface area contributed by atoms with Crippen molar-refractivity contribution in [3.05, 3.63) is 35.4 Å². The number of thioether (sulfide) groups is 1. The van der Waals surface area contributed by atoms with Crippen LogP contribution in [0.25, 0.3) is 0 Å². The van der Waals surface area contributed by atoms with Gasteiger partial charge in [0, 0.05) is 31.1 Å². The highest BCUT2D eigenvalue weighted by molar-refractivity contribution is 14.0. The third-order valence-corrected chi connectivity index (χ3v) is 5.58. The second-order valence-corrected chi connectivity index (χ2v) is 7.65. The van der Waals surface area contributed by atoms with Crippen LogP contribution in [0, 0.1) is 0 Å². The topological polar surface area (TPSA) is 44.9 Å². The second-order valence-electron chi connectivity index (χ2n) is 6.43. The Balaban J connectivity index is 0.00000208. The van der Waals surface area contributed by atoms with E-state index in [0.29, 0.717) is 12.5 Å². The summed E-state index contributed by atoms with van der Waals surface area (Å²) in [5.74, 6) is 3.01. The van der Waals surface area contributed by atoms with Crippen molar-refractivity contribution in [1.82, 2.24) is 9.80 Å². The summed E-state index contributed by atoms with van der Waals surface area (Å²) in [6.45, 7) is 6.30. The Morgan fingerprint density at radius 2 is 1.58 bits per heavy atom. The van der Waals surface area contributed by atoms with Crippen molar-refractivity contribution in [3.63, 3.8) is 0 Å². The first-order valence-electron chi connectivity index (χ1n) is 8.74. The maximum atomic E-state index is 6.11. The Kier molecular flexibility index (Phi) is 8.69. The maximum absolute atomic E-state index is 6.11. The summed E-state index contributed by atoms with van der Waals surface area (Å²) in [7, 11) is 0. The van der Waals surface area contributed by atoms with Crippen LogP contribution in [0.1, 0.15) is 30.4 Å². The molecule has 2 N–H and O–H groups in total. The zero-order valence-corrected chi connectivity index (χ0v) is 17.5. The smallest absolute Gasteiger partial charge is 0.191 e. The third-order valence-electron chi connectivity index (χ3n) is 4.64. The fourth-order valence-electron chi connectivity index (χ4n) is 3.19. The molecule has 24 heavy (non-hydrogen) atoms. The molecule has 2 heterocycles. The number of guanidine groups is 1. The molecule has 1 aromatic rings. The highest BCUT2D eigenvalue weighted by Crippen LogP contribution is 2.14. The molecule has 0 atom stereocenters. The highest BCUT2D eigenvalue weighted by atomic mass is 127. The summed E-state index contributed by atoms with van der Waals surface area (Å²) in [6, 6.07) is 8.88. The van der Waals surface area contributed by atoms with E-state index < -0.39 is 0 Å². The second kappa shape index (κ2) is 10.5. The molecule has 6 heteroatoms. The molecule has 2 aliphatic rings. The Morgan fingerprint density at radius 3 is 2.25 bits per heavy atom. The zero-order valence-electron chi connectivity index (χ0n) is 14.3. The number of nitrogens with two attached hydrogens (primary N) is 1. The average Bonchev–Trinajstić information content (AvgIpc) is 2.62. The average molecular weight is 460 g/mol. The standard InChI is InChI=1S/C18H28N4S.HI/c19-18(22-10-12-23-13-11-22)20-14-16-4-6-17(7-5-16)15-21-8-2-1-3-9-21;/h4-7H,1-3,8-15H2,(H2,19,20);1H. The molecule has 0 spiro atoms. The van der Waals surface area contributed by atoms with Gasteiger partial charge in [-0.1, -0.05) is 30.7 Å². The number of halogens is 1. The van der Waals surface area contributed by atoms with Gasteiger partial charge in [0.2, 0.25) is 0 Å². The van der Waals surface area contributed by atoms with Crippen molar-refractivity contribution in [1.29, 1.82) is 0 Å². The lowest BCUT2D eigenvalue weighted by Crippen LogP contribution is -2.42. The molecule has 4 nitrogen and oxygen atoms in total. The van der Waals surface area contributed by atoms with Crippen LogP contribution >= 0.6 is 35.7 Å². The summed E-state index contributed by atoms with van der Waals surface area (Å²) in [6.07, 6.45) is 4.09. The van der Waals surface area contributed by atoms with E-state index in [0.717, 1.165) is 31.1 Å². The molecule has 2 fully saturated rings. The SMILES string of the molecule is I.NC(=NCc1ccc(CN2CCCCC2)cc1)N1CCSCC1. The van der Waals surface area contributed by atoms with Crippen LogP contribution < -0.4 is 5.73 Å². The van der Waals surface area contributed by atoms with Gasteiger partial charge in [0.05, 0.1) is 6.54 Å². The van der Waals surface area contributed by atoms with Crippen molar-refractivity contribution < 1.29 is 0 Å². The highest BCUT2D eigenvalue weighted by Gasteiger charge is 2.12. The van der Waals surface area contributed by atoms with Crippen LogP contribution in [0.15, 0.2) is 29.3 Å². The first-order chi connectivity index (χ1) is 11.3. The van der Waals surface area contributed by atoms with Crippen molar-refractivity contribution in [2.45, 2.75) is 32.4 Å². The van der Waals surface area contributed by atoms with Gasteiger partial charge < -0.3 is 10.6 Å². The lowest BCUT2D eigenvalue weighted by Gasteiger charge is -2.27. The van der Waals surface area contributed by atoms with E-state index in [1.54, 1.807) is 0 Å². The third kappa shape index (κ3) is 6.11. The van der Waals surface area contributed by atoms with Crippen LogP contribution in [0.5, 0.6) is 0 Å². The first kappa shape index (κ1) is 19.8. The molecule has 1 aromatic carbocycles. The predicted octanol–water partition coefficient (Wildman–Crippen LogP) is 3.15. The normalized spacial score (nSPS) is 19.8. The Hall–Kier alpha value is -0.470. The van der Waals surface area contributed by atoms with Crippen molar-refractivity contribution in [3.8, 4) is 0 Å². The molecule has 0 radical (unpaired) electrons. The number of piperidine rings is 1. The summed E-state index contributed by atoms with van der Waals surface area (Å²) in [5.41, 5.74) is 8.75. The summed E-state index contributed by atoms with van der Waals surface area (Å²) >= 11 is 1.99. The summed E-state index contributed by atoms with van der Waals surface area (Å²) in [5, 5.41) is 0. The number of aliphatic imine (C=N–C) groups is 1. The molecule has 2 aliphatic heterocycles. The monoisotopic (exact) mass is 460 g/mol. The van der Waals surface area contributed by atoms with Gasteiger partial charge in [-0.3, -0.25) is 4.90 Å². The van der Waals surface area contributed by atoms with E-state index in [4.69, 9.17) is 5.73 Å². The lowest BCUT2D eigenvalue weighted by atomic mass is 10.1. The van der Waals surface area contributed by atoms with E-state index in [-0.39, 0.29) is 24.0 Å². The molecule has 0 aromatic heterocycles. The van der Waals surface area contributed by atoms with Gasteiger partial charge in [-0.05, 0) is 37.1 Å².